The zero-order valence-electron chi connectivity index (χ0n) is 12.5. The number of nitrogens with zero attached hydrogens (tertiary/aromatic N) is 1. The first-order valence-electron chi connectivity index (χ1n) is 7.36. The van der Waals surface area contributed by atoms with Crippen LogP contribution in [0.5, 0.6) is 0 Å². The predicted molar refractivity (Wildman–Crippen MR) is 84.6 cm³/mol. The Morgan fingerprint density at radius 3 is 2.95 bits per heavy atom. The number of carbonyl (C=O) groups is 1. The van der Waals surface area contributed by atoms with Crippen molar-refractivity contribution in [3.63, 3.8) is 0 Å². The summed E-state index contributed by atoms with van der Waals surface area (Å²) in [7, 11) is 0. The molecule has 3 N–H and O–H groups in total. The van der Waals surface area contributed by atoms with Crippen LogP contribution in [0.25, 0.3) is 0 Å². The molecule has 0 bridgehead atoms. The number of thiazole rings is 1. The van der Waals surface area contributed by atoms with E-state index in [9.17, 15) is 4.79 Å². The minimum atomic E-state index is -0.164. The molecule has 1 heterocycles. The highest BCUT2D eigenvalue weighted by atomic mass is 32.1. The van der Waals surface area contributed by atoms with E-state index in [0.29, 0.717) is 12.5 Å². The normalized spacial score (nSPS) is 21.0. The lowest BCUT2D eigenvalue weighted by atomic mass is 10.1. The van der Waals surface area contributed by atoms with Gasteiger partial charge in [0.25, 0.3) is 0 Å². The molecule has 0 fully saturated rings. The van der Waals surface area contributed by atoms with E-state index in [0.717, 1.165) is 23.5 Å². The Balaban J connectivity index is 1.66. The number of carbonyl (C=O) groups excluding carboxylic acids is 1. The number of hydrogen-bond donors (Lipinski definition) is 3. The van der Waals surface area contributed by atoms with E-state index in [-0.39, 0.29) is 24.6 Å². The first-order chi connectivity index (χ1) is 10.1. The molecular formula is C15H23N3O2S. The first-order valence-corrected chi connectivity index (χ1v) is 8.24. The standard InChI is InChI=1S/C15H23N3O2S/c1-10(2)14-17-13(9-21-14)5-6-16-15(20)18-12-4-3-11(7-12)8-19/h3-4,9-12,19H,5-8H2,1-2H3,(H2,16,18,20)/t11-,12+/m0/s1. The number of nitrogens with one attached hydrogen (secondary N) is 2. The van der Waals surface area contributed by atoms with Gasteiger partial charge in [0.05, 0.1) is 10.7 Å². The monoisotopic (exact) mass is 309 g/mol. The maximum absolute atomic E-state index is 11.8. The van der Waals surface area contributed by atoms with Crippen LogP contribution in [0.2, 0.25) is 0 Å². The smallest absolute Gasteiger partial charge is 0.315 e. The summed E-state index contributed by atoms with van der Waals surface area (Å²) in [6, 6.07) is -0.142. The van der Waals surface area contributed by atoms with Gasteiger partial charge in [0, 0.05) is 42.8 Å². The molecule has 0 aromatic carbocycles. The fourth-order valence-electron chi connectivity index (χ4n) is 2.24. The highest BCUT2D eigenvalue weighted by Crippen LogP contribution is 2.19. The van der Waals surface area contributed by atoms with Gasteiger partial charge in [0.15, 0.2) is 0 Å². The molecule has 1 aliphatic carbocycles. The lowest BCUT2D eigenvalue weighted by Gasteiger charge is -2.13. The van der Waals surface area contributed by atoms with E-state index in [2.05, 4.69) is 34.8 Å². The van der Waals surface area contributed by atoms with Gasteiger partial charge in [-0.05, 0) is 6.42 Å². The van der Waals surface area contributed by atoms with Gasteiger partial charge in [-0.1, -0.05) is 26.0 Å². The number of rotatable bonds is 6. The number of aromatic nitrogens is 1. The van der Waals surface area contributed by atoms with E-state index < -0.39 is 0 Å². The van der Waals surface area contributed by atoms with Gasteiger partial charge in [-0.3, -0.25) is 0 Å². The third kappa shape index (κ3) is 4.82. The van der Waals surface area contributed by atoms with Gasteiger partial charge in [-0.15, -0.1) is 11.3 Å². The zero-order valence-corrected chi connectivity index (χ0v) is 13.3. The minimum Gasteiger partial charge on any atom is -0.396 e. The summed E-state index contributed by atoms with van der Waals surface area (Å²) >= 11 is 1.67. The van der Waals surface area contributed by atoms with Crippen LogP contribution in [-0.4, -0.2) is 35.3 Å². The molecule has 116 valence electrons. The maximum Gasteiger partial charge on any atom is 0.315 e. The molecule has 6 heteroatoms. The van der Waals surface area contributed by atoms with E-state index in [4.69, 9.17) is 5.11 Å². The first kappa shape index (κ1) is 16.0. The van der Waals surface area contributed by atoms with Crippen molar-refractivity contribution in [1.82, 2.24) is 15.6 Å². The second kappa shape index (κ2) is 7.56. The van der Waals surface area contributed by atoms with Gasteiger partial charge in [-0.25, -0.2) is 9.78 Å². The van der Waals surface area contributed by atoms with Crippen molar-refractivity contribution in [3.05, 3.63) is 28.2 Å². The molecular weight excluding hydrogens is 286 g/mol. The van der Waals surface area contributed by atoms with Crippen LogP contribution in [0.1, 0.15) is 36.9 Å². The molecule has 21 heavy (non-hydrogen) atoms. The van der Waals surface area contributed by atoms with Gasteiger partial charge in [0.1, 0.15) is 0 Å². The SMILES string of the molecule is CC(C)c1nc(CCNC(=O)N[C@@H]2C=C[C@H](CO)C2)cs1. The number of hydrogen-bond acceptors (Lipinski definition) is 4. The Morgan fingerprint density at radius 1 is 1.52 bits per heavy atom. The summed E-state index contributed by atoms with van der Waals surface area (Å²) in [6.07, 6.45) is 5.41. The Bertz CT molecular complexity index is 499. The van der Waals surface area contributed by atoms with Crippen molar-refractivity contribution in [2.45, 2.75) is 38.6 Å². The maximum atomic E-state index is 11.8. The average Bonchev–Trinajstić information content (AvgIpc) is 3.07. The number of amides is 2. The Kier molecular flexibility index (Phi) is 5.76. The third-order valence-electron chi connectivity index (χ3n) is 3.45. The summed E-state index contributed by atoms with van der Waals surface area (Å²) in [5.74, 6) is 0.619. The average molecular weight is 309 g/mol. The number of aliphatic hydroxyl groups is 1. The molecule has 2 amide bonds. The fraction of sp³-hybridized carbons (Fsp3) is 0.600. The summed E-state index contributed by atoms with van der Waals surface area (Å²) < 4.78 is 0. The van der Waals surface area contributed by atoms with Crippen molar-refractivity contribution >= 4 is 17.4 Å². The van der Waals surface area contributed by atoms with Crippen molar-refractivity contribution in [3.8, 4) is 0 Å². The zero-order chi connectivity index (χ0) is 15.2. The predicted octanol–water partition coefficient (Wildman–Crippen LogP) is 2.05. The number of aliphatic hydroxyl groups excluding tert-OH is 1. The van der Waals surface area contributed by atoms with Crippen molar-refractivity contribution < 1.29 is 9.90 Å². The van der Waals surface area contributed by atoms with Gasteiger partial charge in [-0.2, -0.15) is 0 Å². The van der Waals surface area contributed by atoms with Crippen LogP contribution in [0.15, 0.2) is 17.5 Å². The quantitative estimate of drug-likeness (QED) is 0.704. The Hall–Kier alpha value is -1.40. The molecule has 0 spiro atoms. The van der Waals surface area contributed by atoms with Crippen LogP contribution < -0.4 is 10.6 Å². The van der Waals surface area contributed by atoms with Crippen LogP contribution in [0.3, 0.4) is 0 Å². The van der Waals surface area contributed by atoms with Gasteiger partial charge >= 0.3 is 6.03 Å². The molecule has 0 saturated carbocycles. The van der Waals surface area contributed by atoms with Crippen molar-refractivity contribution in [2.24, 2.45) is 5.92 Å². The molecule has 0 radical (unpaired) electrons. The molecule has 1 aliphatic rings. The topological polar surface area (TPSA) is 74.2 Å². The minimum absolute atomic E-state index is 0.0222. The summed E-state index contributed by atoms with van der Waals surface area (Å²) in [6.45, 7) is 4.97. The highest BCUT2D eigenvalue weighted by molar-refractivity contribution is 7.09. The van der Waals surface area contributed by atoms with Gasteiger partial charge in [0.2, 0.25) is 0 Å². The van der Waals surface area contributed by atoms with Crippen molar-refractivity contribution in [1.29, 1.82) is 0 Å². The lowest BCUT2D eigenvalue weighted by Crippen LogP contribution is -2.41. The molecule has 2 rings (SSSR count). The van der Waals surface area contributed by atoms with Crippen LogP contribution >= 0.6 is 11.3 Å². The van der Waals surface area contributed by atoms with Crippen LogP contribution in [0, 0.1) is 5.92 Å². The number of urea groups is 1. The van der Waals surface area contributed by atoms with E-state index in [1.165, 1.54) is 0 Å². The second-order valence-electron chi connectivity index (χ2n) is 5.65. The van der Waals surface area contributed by atoms with E-state index >= 15 is 0 Å². The molecule has 0 unspecified atom stereocenters. The van der Waals surface area contributed by atoms with Gasteiger partial charge < -0.3 is 15.7 Å². The van der Waals surface area contributed by atoms with Crippen molar-refractivity contribution in [2.75, 3.05) is 13.2 Å². The molecule has 1 aromatic rings. The fourth-order valence-corrected chi connectivity index (χ4v) is 3.11. The molecule has 1 aromatic heterocycles. The van der Waals surface area contributed by atoms with E-state index in [1.807, 2.05) is 12.2 Å². The Morgan fingerprint density at radius 2 is 2.33 bits per heavy atom. The van der Waals surface area contributed by atoms with Crippen LogP contribution in [0.4, 0.5) is 4.79 Å². The molecule has 0 saturated heterocycles. The third-order valence-corrected chi connectivity index (χ3v) is 4.65. The van der Waals surface area contributed by atoms with Crippen LogP contribution in [-0.2, 0) is 6.42 Å². The molecule has 0 aliphatic heterocycles. The summed E-state index contributed by atoms with van der Waals surface area (Å²) in [5, 5.41) is 18.0. The summed E-state index contributed by atoms with van der Waals surface area (Å²) in [5.41, 5.74) is 1.03. The molecule has 5 nitrogen and oxygen atoms in total. The second-order valence-corrected chi connectivity index (χ2v) is 6.54. The largest absolute Gasteiger partial charge is 0.396 e. The lowest BCUT2D eigenvalue weighted by molar-refractivity contribution is 0.231. The Labute approximate surface area is 129 Å². The summed E-state index contributed by atoms with van der Waals surface area (Å²) in [4.78, 5) is 16.3. The van der Waals surface area contributed by atoms with E-state index in [1.54, 1.807) is 11.3 Å². The highest BCUT2D eigenvalue weighted by Gasteiger charge is 2.19. The molecule has 2 atom stereocenters.